The molecule has 3 aromatic rings. The van der Waals surface area contributed by atoms with Crippen LogP contribution in [0.1, 0.15) is 57.9 Å². The summed E-state index contributed by atoms with van der Waals surface area (Å²) in [6.07, 6.45) is 7.87. The molecule has 2 aliphatic rings. The van der Waals surface area contributed by atoms with Gasteiger partial charge in [0.25, 0.3) is 0 Å². The van der Waals surface area contributed by atoms with Gasteiger partial charge in [-0.3, -0.25) is 4.79 Å². The summed E-state index contributed by atoms with van der Waals surface area (Å²) in [5, 5.41) is 3.87. The number of fused-ring (bicyclic) bond motifs is 1. The second kappa shape index (κ2) is 11.7. The molecule has 1 saturated heterocycles. The van der Waals surface area contributed by atoms with Crippen molar-refractivity contribution >= 4 is 16.8 Å². The van der Waals surface area contributed by atoms with E-state index in [0.29, 0.717) is 11.3 Å². The number of pyridine rings is 1. The van der Waals surface area contributed by atoms with Crippen LogP contribution in [0, 0.1) is 5.82 Å². The summed E-state index contributed by atoms with van der Waals surface area (Å²) >= 11 is 0. The van der Waals surface area contributed by atoms with Crippen molar-refractivity contribution in [1.82, 2.24) is 15.2 Å². The number of carbonyl (C=O) groups is 1. The fourth-order valence-electron chi connectivity index (χ4n) is 5.83. The quantitative estimate of drug-likeness (QED) is 0.401. The Morgan fingerprint density at radius 2 is 1.84 bits per heavy atom. The lowest BCUT2D eigenvalue weighted by atomic mass is 10.00. The zero-order chi connectivity index (χ0) is 26.6. The van der Waals surface area contributed by atoms with E-state index in [1.165, 1.54) is 38.9 Å². The molecule has 2 aromatic carbocycles. The van der Waals surface area contributed by atoms with Crippen molar-refractivity contribution in [3.05, 3.63) is 53.8 Å². The van der Waals surface area contributed by atoms with E-state index in [0.717, 1.165) is 54.2 Å². The first-order valence-corrected chi connectivity index (χ1v) is 13.9. The lowest BCUT2D eigenvalue weighted by Gasteiger charge is -2.36. The molecule has 1 aliphatic heterocycles. The molecule has 1 N–H and O–H groups in total. The Labute approximate surface area is 224 Å². The molecule has 2 fully saturated rings. The van der Waals surface area contributed by atoms with E-state index < -0.39 is 5.82 Å². The van der Waals surface area contributed by atoms with Gasteiger partial charge >= 0.3 is 0 Å². The molecule has 6 nitrogen and oxygen atoms in total. The summed E-state index contributed by atoms with van der Waals surface area (Å²) in [5.41, 5.74) is 2.90. The van der Waals surface area contributed by atoms with Crippen molar-refractivity contribution < 1.29 is 18.7 Å². The fraction of sp³-hybridized carbons (Fsp3) is 0.484. The van der Waals surface area contributed by atoms with Gasteiger partial charge in [0.2, 0.25) is 5.91 Å². The van der Waals surface area contributed by atoms with Crippen LogP contribution in [0.4, 0.5) is 4.39 Å². The Balaban J connectivity index is 1.39. The molecule has 1 saturated carbocycles. The van der Waals surface area contributed by atoms with E-state index >= 15 is 0 Å². The maximum Gasteiger partial charge on any atom is 0.224 e. The van der Waals surface area contributed by atoms with Gasteiger partial charge < -0.3 is 19.7 Å². The first-order valence-electron chi connectivity index (χ1n) is 13.9. The molecule has 2 heterocycles. The first kappa shape index (κ1) is 26.4. The van der Waals surface area contributed by atoms with Crippen LogP contribution in [-0.4, -0.2) is 54.2 Å². The smallest absolute Gasteiger partial charge is 0.224 e. The number of amides is 1. The van der Waals surface area contributed by atoms with Crippen LogP contribution in [0.3, 0.4) is 0 Å². The van der Waals surface area contributed by atoms with Gasteiger partial charge in [0.05, 0.1) is 24.7 Å². The summed E-state index contributed by atoms with van der Waals surface area (Å²) in [6, 6.07) is 13.4. The zero-order valence-corrected chi connectivity index (χ0v) is 22.6. The molecule has 1 aromatic heterocycles. The third-order valence-corrected chi connectivity index (χ3v) is 7.71. The van der Waals surface area contributed by atoms with E-state index in [-0.39, 0.29) is 30.2 Å². The van der Waals surface area contributed by atoms with E-state index in [4.69, 9.17) is 14.5 Å². The number of piperidine rings is 1. The van der Waals surface area contributed by atoms with Crippen LogP contribution < -0.4 is 14.8 Å². The molecule has 0 unspecified atom stereocenters. The Morgan fingerprint density at radius 3 is 2.55 bits per heavy atom. The summed E-state index contributed by atoms with van der Waals surface area (Å²) in [6.45, 7) is 6.07. The highest BCUT2D eigenvalue weighted by molar-refractivity contribution is 5.88. The lowest BCUT2D eigenvalue weighted by Crippen LogP contribution is -2.43. The fourth-order valence-corrected chi connectivity index (χ4v) is 5.83. The van der Waals surface area contributed by atoms with Gasteiger partial charge in [0.15, 0.2) is 11.6 Å². The van der Waals surface area contributed by atoms with Crippen LogP contribution in [-0.2, 0) is 11.2 Å². The van der Waals surface area contributed by atoms with Crippen LogP contribution in [0.2, 0.25) is 0 Å². The predicted molar refractivity (Wildman–Crippen MR) is 148 cm³/mol. The van der Waals surface area contributed by atoms with Gasteiger partial charge in [0, 0.05) is 36.1 Å². The number of nitrogens with zero attached hydrogens (tertiary/aromatic N) is 2. The maximum atomic E-state index is 14.1. The number of hydrogen-bond acceptors (Lipinski definition) is 5. The number of ether oxygens (including phenoxy) is 2. The Bertz CT molecular complexity index is 1280. The van der Waals surface area contributed by atoms with E-state index in [1.54, 1.807) is 12.1 Å². The summed E-state index contributed by atoms with van der Waals surface area (Å²) in [4.78, 5) is 20.3. The summed E-state index contributed by atoms with van der Waals surface area (Å²) < 4.78 is 25.7. The maximum absolute atomic E-state index is 14.1. The molecule has 7 heteroatoms. The van der Waals surface area contributed by atoms with Gasteiger partial charge in [0.1, 0.15) is 11.9 Å². The summed E-state index contributed by atoms with van der Waals surface area (Å²) in [5.74, 6) is 0.446. The van der Waals surface area contributed by atoms with Gasteiger partial charge in [-0.15, -0.1) is 0 Å². The van der Waals surface area contributed by atoms with Gasteiger partial charge in [-0.2, -0.15) is 0 Å². The number of aromatic nitrogens is 1. The highest BCUT2D eigenvalue weighted by Crippen LogP contribution is 2.32. The van der Waals surface area contributed by atoms with Crippen LogP contribution in [0.25, 0.3) is 22.2 Å². The average molecular weight is 520 g/mol. The minimum Gasteiger partial charge on any atom is -0.494 e. The first-order chi connectivity index (χ1) is 18.4. The molecule has 1 amide bonds. The summed E-state index contributed by atoms with van der Waals surface area (Å²) in [7, 11) is 1.44. The highest BCUT2D eigenvalue weighted by Gasteiger charge is 2.28. The number of hydrogen-bond donors (Lipinski definition) is 1. The number of methoxy groups -OCH3 is 1. The molecule has 0 bridgehead atoms. The van der Waals surface area contributed by atoms with E-state index in [9.17, 15) is 9.18 Å². The Morgan fingerprint density at radius 1 is 1.08 bits per heavy atom. The number of benzene rings is 2. The molecule has 0 radical (unpaired) electrons. The third kappa shape index (κ3) is 6.09. The minimum atomic E-state index is -0.438. The van der Waals surface area contributed by atoms with E-state index in [1.807, 2.05) is 38.1 Å². The standard InChI is InChI=1S/C31H38FN3O3/c1-20(2)33-30(36)19-23-16-22-17-26(38-25-12-14-35(15-13-25)24-6-4-5-7-24)9-11-28(22)34-31(23)21-8-10-27(32)29(18-21)37-3/h8-11,16-18,20,24-25H,4-7,12-15,19H2,1-3H3,(H,33,36). The van der Waals surface area contributed by atoms with Crippen LogP contribution in [0.5, 0.6) is 11.5 Å². The Kier molecular flexibility index (Phi) is 8.12. The second-order valence-corrected chi connectivity index (χ2v) is 10.9. The van der Waals surface area contributed by atoms with Crippen molar-refractivity contribution in [1.29, 1.82) is 0 Å². The molecule has 0 spiro atoms. The van der Waals surface area contributed by atoms with Gasteiger partial charge in [-0.1, -0.05) is 12.8 Å². The number of halogens is 1. The average Bonchev–Trinajstić information content (AvgIpc) is 3.44. The lowest BCUT2D eigenvalue weighted by molar-refractivity contribution is -0.120. The normalized spacial score (nSPS) is 17.3. The number of rotatable bonds is 8. The van der Waals surface area contributed by atoms with Crippen molar-refractivity contribution in [2.75, 3.05) is 20.2 Å². The van der Waals surface area contributed by atoms with Crippen molar-refractivity contribution in [2.24, 2.45) is 0 Å². The van der Waals surface area contributed by atoms with Gasteiger partial charge in [-0.05, 0) is 87.6 Å². The van der Waals surface area contributed by atoms with Crippen molar-refractivity contribution in [3.63, 3.8) is 0 Å². The molecule has 1 aliphatic carbocycles. The molecular weight excluding hydrogens is 481 g/mol. The van der Waals surface area contributed by atoms with Crippen LogP contribution in [0.15, 0.2) is 42.5 Å². The molecule has 5 rings (SSSR count). The Hall–Kier alpha value is -3.19. The number of nitrogens with one attached hydrogen (secondary N) is 1. The molecule has 0 atom stereocenters. The van der Waals surface area contributed by atoms with Crippen molar-refractivity contribution in [2.45, 2.75) is 77.0 Å². The highest BCUT2D eigenvalue weighted by atomic mass is 19.1. The zero-order valence-electron chi connectivity index (χ0n) is 22.6. The number of carbonyl (C=O) groups excluding carboxylic acids is 1. The SMILES string of the molecule is COc1cc(-c2nc3ccc(OC4CCN(C5CCCC5)CC4)cc3cc2CC(=O)NC(C)C)ccc1F. The third-order valence-electron chi connectivity index (χ3n) is 7.71. The predicted octanol–water partition coefficient (Wildman–Crippen LogP) is 5.90. The monoisotopic (exact) mass is 519 g/mol. The topological polar surface area (TPSA) is 63.7 Å². The molecule has 202 valence electrons. The van der Waals surface area contributed by atoms with Gasteiger partial charge in [-0.25, -0.2) is 9.37 Å². The largest absolute Gasteiger partial charge is 0.494 e. The molecular formula is C31H38FN3O3. The van der Waals surface area contributed by atoms with Crippen LogP contribution >= 0.6 is 0 Å². The second-order valence-electron chi connectivity index (χ2n) is 10.9. The minimum absolute atomic E-state index is 0.0327. The number of likely N-dealkylation sites (tertiary alicyclic amines) is 1. The van der Waals surface area contributed by atoms with Crippen molar-refractivity contribution in [3.8, 4) is 22.8 Å². The molecule has 38 heavy (non-hydrogen) atoms. The van der Waals surface area contributed by atoms with E-state index in [2.05, 4.69) is 10.2 Å².